The highest BCUT2D eigenvalue weighted by molar-refractivity contribution is 6.07. The van der Waals surface area contributed by atoms with Gasteiger partial charge in [0.1, 0.15) is 51.0 Å². The molecular weight excluding hydrogens is 1090 g/mol. The number of aryl methyl sites for hydroxylation is 2. The van der Waals surface area contributed by atoms with Crippen LogP contribution in [-0.4, -0.2) is 113 Å². The first-order valence-corrected chi connectivity index (χ1v) is 28.6. The number of fused-ring (bicyclic) bond motifs is 4. The number of aliphatic hydroxyl groups excluding tert-OH is 2. The molecule has 442 valence electrons. The SMILES string of the molecule is CC(C)(C)NC(=O)c1c[nH]c2ncc(-c3nn(CCC(O)CO)c4cc(F)ccc34)nc12.CC(C)(C)NC(=O)c1cn(C(c2ccccc2)(c2ccccc2)c2ccccc2)c2ncc(-c3nn(CCC4COC(C)(C)O4)c4cc(F)ccc34)nc12. The summed E-state index contributed by atoms with van der Waals surface area (Å²) in [6.07, 6.45) is 6.55. The van der Waals surface area contributed by atoms with E-state index in [1.54, 1.807) is 40.1 Å². The van der Waals surface area contributed by atoms with Crippen LogP contribution in [0.25, 0.3) is 66.9 Å². The van der Waals surface area contributed by atoms with Crippen molar-refractivity contribution >= 4 is 55.9 Å². The molecule has 86 heavy (non-hydrogen) atoms. The van der Waals surface area contributed by atoms with Crippen molar-refractivity contribution in [2.24, 2.45) is 0 Å². The van der Waals surface area contributed by atoms with Crippen molar-refractivity contribution in [3.8, 4) is 22.8 Å². The quantitative estimate of drug-likeness (QED) is 0.0605. The van der Waals surface area contributed by atoms with Gasteiger partial charge in [0, 0.05) is 47.3 Å². The van der Waals surface area contributed by atoms with Crippen LogP contribution < -0.4 is 10.6 Å². The lowest BCUT2D eigenvalue weighted by Crippen LogP contribution is -2.40. The molecule has 0 saturated carbocycles. The zero-order valence-corrected chi connectivity index (χ0v) is 49.1. The van der Waals surface area contributed by atoms with E-state index in [0.29, 0.717) is 92.2 Å². The molecule has 1 aliphatic heterocycles. The fourth-order valence-corrected chi connectivity index (χ4v) is 11.0. The first kappa shape index (κ1) is 58.7. The van der Waals surface area contributed by atoms with E-state index in [1.807, 2.05) is 116 Å². The molecule has 0 bridgehead atoms. The van der Waals surface area contributed by atoms with Gasteiger partial charge in [-0.3, -0.25) is 19.0 Å². The summed E-state index contributed by atoms with van der Waals surface area (Å²) in [5.74, 6) is -1.98. The van der Waals surface area contributed by atoms with Gasteiger partial charge < -0.3 is 39.9 Å². The Morgan fingerprint density at radius 1 is 0.698 bits per heavy atom. The third-order valence-electron chi connectivity index (χ3n) is 14.8. The number of ether oxygens (including phenoxy) is 2. The van der Waals surface area contributed by atoms with Crippen molar-refractivity contribution in [2.45, 2.75) is 116 Å². The summed E-state index contributed by atoms with van der Waals surface area (Å²) in [5.41, 5.74) is 6.72. The van der Waals surface area contributed by atoms with Gasteiger partial charge in [-0.25, -0.2) is 28.7 Å². The maximum Gasteiger partial charge on any atom is 0.255 e. The van der Waals surface area contributed by atoms with E-state index in [9.17, 15) is 23.5 Å². The second kappa shape index (κ2) is 23.4. The number of aromatic amines is 1. The van der Waals surface area contributed by atoms with Gasteiger partial charge in [0.25, 0.3) is 11.8 Å². The van der Waals surface area contributed by atoms with Crippen molar-refractivity contribution in [3.63, 3.8) is 0 Å². The second-order valence-corrected chi connectivity index (χ2v) is 24.0. The Balaban J connectivity index is 0.000000204. The lowest BCUT2D eigenvalue weighted by Gasteiger charge is -2.38. The minimum Gasteiger partial charge on any atom is -0.394 e. The van der Waals surface area contributed by atoms with Gasteiger partial charge in [-0.1, -0.05) is 91.0 Å². The third-order valence-corrected chi connectivity index (χ3v) is 14.8. The summed E-state index contributed by atoms with van der Waals surface area (Å²) in [6, 6.07) is 39.7. The van der Waals surface area contributed by atoms with Crippen LogP contribution >= 0.6 is 0 Å². The first-order chi connectivity index (χ1) is 41.1. The summed E-state index contributed by atoms with van der Waals surface area (Å²) in [7, 11) is 0. The molecule has 0 spiro atoms. The number of carbonyl (C=O) groups is 2. The minimum atomic E-state index is -0.940. The fraction of sp³-hybridized carbons (Fsp3) is 0.303. The van der Waals surface area contributed by atoms with Crippen LogP contribution in [0.4, 0.5) is 8.78 Å². The van der Waals surface area contributed by atoms with Gasteiger partial charge in [-0.2, -0.15) is 10.2 Å². The normalized spacial score (nSPS) is 14.9. The first-order valence-electron chi connectivity index (χ1n) is 28.6. The molecule has 12 rings (SSSR count). The Morgan fingerprint density at radius 3 is 1.70 bits per heavy atom. The zero-order chi connectivity index (χ0) is 60.7. The predicted molar refractivity (Wildman–Crippen MR) is 325 cm³/mol. The largest absolute Gasteiger partial charge is 0.394 e. The van der Waals surface area contributed by atoms with Gasteiger partial charge in [0.15, 0.2) is 17.1 Å². The number of rotatable bonds is 15. The molecule has 0 aliphatic carbocycles. The zero-order valence-electron chi connectivity index (χ0n) is 49.1. The minimum absolute atomic E-state index is 0.116. The van der Waals surface area contributed by atoms with Gasteiger partial charge in [0.05, 0.1) is 60.0 Å². The monoisotopic (exact) mass is 1160 g/mol. The lowest BCUT2D eigenvalue weighted by atomic mass is 9.76. The van der Waals surface area contributed by atoms with E-state index in [4.69, 9.17) is 29.6 Å². The molecule has 1 aliphatic rings. The molecule has 0 radical (unpaired) electrons. The molecule has 6 aromatic heterocycles. The Labute approximate surface area is 495 Å². The van der Waals surface area contributed by atoms with Crippen LogP contribution in [0.1, 0.15) is 106 Å². The number of hydrogen-bond acceptors (Lipinski definition) is 12. The number of nitrogens with one attached hydrogen (secondary N) is 3. The highest BCUT2D eigenvalue weighted by atomic mass is 19.1. The Morgan fingerprint density at radius 2 is 1.20 bits per heavy atom. The van der Waals surface area contributed by atoms with Crippen LogP contribution in [0.5, 0.6) is 0 Å². The van der Waals surface area contributed by atoms with Crippen LogP contribution in [0.15, 0.2) is 152 Å². The smallest absolute Gasteiger partial charge is 0.255 e. The molecular formula is C66H68F2N12O6. The number of carbonyl (C=O) groups excluding carboxylic acids is 2. The van der Waals surface area contributed by atoms with Gasteiger partial charge in [-0.15, -0.1) is 0 Å². The number of H-pyrrole nitrogens is 1. The summed E-state index contributed by atoms with van der Waals surface area (Å²) >= 11 is 0. The van der Waals surface area contributed by atoms with Crippen LogP contribution in [0.2, 0.25) is 0 Å². The summed E-state index contributed by atoms with van der Waals surface area (Å²) in [4.78, 5) is 49.3. The molecule has 2 amide bonds. The molecule has 11 aromatic rings. The topological polar surface area (TPSA) is 225 Å². The summed E-state index contributed by atoms with van der Waals surface area (Å²) in [5, 5.41) is 35.8. The van der Waals surface area contributed by atoms with Crippen LogP contribution in [0, 0.1) is 11.6 Å². The Bertz CT molecular complexity index is 4170. The number of halogens is 2. The molecule has 20 heteroatoms. The number of aromatic nitrogens is 10. The standard InChI is InChI=1S/C44H43FN6O3.C22H25FN6O3/c1-42(2,3)48-41(52)35-27-50(44(29-15-9-6-10-16-29,30-17-11-7-12-18-30)31-19-13-8-14-20-31)40-39(35)47-36(26-46-40)38-34-22-21-32(45)25-37(34)51(49-38)24-23-33-28-53-43(4,5)54-33;1-22(2,3)27-21(32)15-9-24-20-19(15)26-16(10-25-20)18-14-5-4-12(23)8-17(14)29(28-18)7-6-13(31)11-30/h6-22,25-27,33H,23-24,28H2,1-5H3,(H,48,52);4-5,8-10,13,30-31H,6-7,11H2,1-3H3,(H,24,25)(H,27,32). The van der Waals surface area contributed by atoms with Gasteiger partial charge >= 0.3 is 0 Å². The number of aliphatic hydroxyl groups is 2. The Hall–Kier alpha value is -9.08. The molecule has 2 atom stereocenters. The number of hydrogen-bond donors (Lipinski definition) is 5. The van der Waals surface area contributed by atoms with Gasteiger partial charge in [0.2, 0.25) is 0 Å². The van der Waals surface area contributed by atoms with E-state index in [1.165, 1.54) is 24.3 Å². The van der Waals surface area contributed by atoms with Crippen molar-refractivity contribution in [2.75, 3.05) is 13.2 Å². The van der Waals surface area contributed by atoms with E-state index >= 15 is 0 Å². The molecule has 18 nitrogen and oxygen atoms in total. The van der Waals surface area contributed by atoms with E-state index < -0.39 is 34.3 Å². The molecule has 5 aromatic carbocycles. The molecule has 7 heterocycles. The average molecular weight is 1160 g/mol. The van der Waals surface area contributed by atoms with Crippen molar-refractivity contribution in [3.05, 3.63) is 192 Å². The van der Waals surface area contributed by atoms with Crippen molar-refractivity contribution in [1.82, 2.24) is 59.7 Å². The number of amides is 2. The maximum absolute atomic E-state index is 14.7. The number of nitrogens with zero attached hydrogens (tertiary/aromatic N) is 9. The average Bonchev–Trinajstić information content (AvgIpc) is 1.48. The third kappa shape index (κ3) is 12.0. The summed E-state index contributed by atoms with van der Waals surface area (Å²) < 4.78 is 45.9. The molecule has 1 saturated heterocycles. The predicted octanol–water partition coefficient (Wildman–Crippen LogP) is 10.9. The summed E-state index contributed by atoms with van der Waals surface area (Å²) in [6.45, 7) is 16.2. The van der Waals surface area contributed by atoms with Crippen LogP contribution in [0.3, 0.4) is 0 Å². The van der Waals surface area contributed by atoms with Gasteiger partial charge in [-0.05, 0) is 121 Å². The number of benzene rings is 5. The fourth-order valence-electron chi connectivity index (χ4n) is 11.0. The highest BCUT2D eigenvalue weighted by Crippen LogP contribution is 2.44. The van der Waals surface area contributed by atoms with Crippen molar-refractivity contribution in [1.29, 1.82) is 0 Å². The van der Waals surface area contributed by atoms with E-state index in [0.717, 1.165) is 22.1 Å². The maximum atomic E-state index is 14.7. The van der Waals surface area contributed by atoms with Crippen molar-refractivity contribution < 1.29 is 38.1 Å². The van der Waals surface area contributed by atoms with E-state index in [-0.39, 0.29) is 43.3 Å². The molecule has 5 N–H and O–H groups in total. The second-order valence-electron chi connectivity index (χ2n) is 24.0. The lowest BCUT2D eigenvalue weighted by molar-refractivity contribution is -0.139. The Kier molecular flexibility index (Phi) is 16.0. The highest BCUT2D eigenvalue weighted by Gasteiger charge is 2.41. The van der Waals surface area contributed by atoms with E-state index in [2.05, 4.69) is 71.6 Å². The molecule has 1 fully saturated rings. The van der Waals surface area contributed by atoms with Crippen LogP contribution in [-0.2, 0) is 28.1 Å². The molecule has 2 unspecified atom stereocenters.